The van der Waals surface area contributed by atoms with E-state index < -0.39 is 6.10 Å². The van der Waals surface area contributed by atoms with E-state index in [0.717, 1.165) is 5.56 Å². The van der Waals surface area contributed by atoms with E-state index in [1.54, 1.807) is 11.9 Å². The summed E-state index contributed by atoms with van der Waals surface area (Å²) >= 11 is 0. The number of hydrogen-bond acceptors (Lipinski definition) is 3. The molecule has 2 atom stereocenters. The Morgan fingerprint density at radius 1 is 1.04 bits per heavy atom. The first kappa shape index (κ1) is 15.4. The van der Waals surface area contributed by atoms with Gasteiger partial charge in [0.25, 0.3) is 5.91 Å². The molecule has 2 aromatic carbocycles. The minimum Gasteiger partial charge on any atom is -0.482 e. The molecule has 23 heavy (non-hydrogen) atoms. The number of likely N-dealkylation sites (N-methyl/N-ethyl adjacent to an activating group) is 1. The highest BCUT2D eigenvalue weighted by Gasteiger charge is 2.35. The Hall–Kier alpha value is -2.49. The van der Waals surface area contributed by atoms with Crippen LogP contribution < -0.4 is 9.47 Å². The van der Waals surface area contributed by atoms with Gasteiger partial charge in [-0.3, -0.25) is 4.79 Å². The zero-order valence-electron chi connectivity index (χ0n) is 13.7. The molecule has 1 aliphatic heterocycles. The molecule has 2 unspecified atom stereocenters. The molecule has 0 saturated carbocycles. The van der Waals surface area contributed by atoms with E-state index in [-0.39, 0.29) is 12.0 Å². The third-order valence-electron chi connectivity index (χ3n) is 4.00. The summed E-state index contributed by atoms with van der Waals surface area (Å²) in [5, 5.41) is 0. The van der Waals surface area contributed by atoms with E-state index in [2.05, 4.69) is 0 Å². The molecule has 0 N–H and O–H groups in total. The van der Waals surface area contributed by atoms with Crippen LogP contribution in [0.2, 0.25) is 0 Å². The van der Waals surface area contributed by atoms with Crippen molar-refractivity contribution in [3.8, 4) is 11.5 Å². The van der Waals surface area contributed by atoms with Gasteiger partial charge in [0.15, 0.2) is 11.5 Å². The Kier molecular flexibility index (Phi) is 4.24. The van der Waals surface area contributed by atoms with E-state index in [0.29, 0.717) is 18.0 Å². The summed E-state index contributed by atoms with van der Waals surface area (Å²) in [6.45, 7) is 4.45. The number of para-hydroxylation sites is 2. The van der Waals surface area contributed by atoms with Crippen molar-refractivity contribution < 1.29 is 14.3 Å². The third kappa shape index (κ3) is 3.31. The van der Waals surface area contributed by atoms with Crippen LogP contribution >= 0.6 is 0 Å². The minimum absolute atomic E-state index is 0.0763. The van der Waals surface area contributed by atoms with Crippen LogP contribution in [0, 0.1) is 6.92 Å². The quantitative estimate of drug-likeness (QED) is 0.874. The summed E-state index contributed by atoms with van der Waals surface area (Å²) in [6.07, 6.45) is -0.946. The number of benzene rings is 2. The Morgan fingerprint density at radius 2 is 1.65 bits per heavy atom. The van der Waals surface area contributed by atoms with Crippen molar-refractivity contribution in [1.82, 2.24) is 4.90 Å². The lowest BCUT2D eigenvalue weighted by Crippen LogP contribution is -2.49. The van der Waals surface area contributed by atoms with Gasteiger partial charge in [-0.25, -0.2) is 0 Å². The van der Waals surface area contributed by atoms with Crippen molar-refractivity contribution in [3.63, 3.8) is 0 Å². The average molecular weight is 311 g/mol. The van der Waals surface area contributed by atoms with Crippen molar-refractivity contribution in [2.75, 3.05) is 7.05 Å². The number of aryl methyl sites for hydroxylation is 1. The fourth-order valence-electron chi connectivity index (χ4n) is 2.65. The van der Waals surface area contributed by atoms with Crippen LogP contribution in [0.5, 0.6) is 11.5 Å². The Bertz CT molecular complexity index is 696. The molecule has 2 aromatic rings. The smallest absolute Gasteiger partial charge is 0.267 e. The lowest BCUT2D eigenvalue weighted by molar-refractivity contribution is -0.143. The Morgan fingerprint density at radius 3 is 2.30 bits per heavy atom. The normalized spacial score (nSPS) is 19.3. The summed E-state index contributed by atoms with van der Waals surface area (Å²) in [7, 11) is 1.79. The lowest BCUT2D eigenvalue weighted by Gasteiger charge is -2.33. The van der Waals surface area contributed by atoms with E-state index in [1.807, 2.05) is 62.4 Å². The number of nitrogens with zero attached hydrogens (tertiary/aromatic N) is 1. The minimum atomic E-state index is -0.625. The van der Waals surface area contributed by atoms with Gasteiger partial charge in [0.2, 0.25) is 6.10 Å². The van der Waals surface area contributed by atoms with Gasteiger partial charge >= 0.3 is 0 Å². The van der Waals surface area contributed by atoms with Crippen molar-refractivity contribution in [2.24, 2.45) is 0 Å². The standard InChI is InChI=1S/C19H21NO3/c1-13-8-10-15(11-9-13)12-20(3)19(21)18-14(2)22-16-6-4-5-7-17(16)23-18/h4-11,14,18H,12H2,1-3H3. The number of hydrogen-bond donors (Lipinski definition) is 0. The summed E-state index contributed by atoms with van der Waals surface area (Å²) in [5.41, 5.74) is 2.30. The number of carbonyl (C=O) groups excluding carboxylic acids is 1. The van der Waals surface area contributed by atoms with Gasteiger partial charge in [-0.1, -0.05) is 42.0 Å². The second-order valence-corrected chi connectivity index (χ2v) is 5.99. The molecule has 4 nitrogen and oxygen atoms in total. The molecule has 0 radical (unpaired) electrons. The van der Waals surface area contributed by atoms with Crippen molar-refractivity contribution in [3.05, 3.63) is 59.7 Å². The van der Waals surface area contributed by atoms with Crippen LogP contribution in [0.15, 0.2) is 48.5 Å². The van der Waals surface area contributed by atoms with E-state index in [4.69, 9.17) is 9.47 Å². The molecule has 3 rings (SSSR count). The maximum atomic E-state index is 12.7. The summed E-state index contributed by atoms with van der Waals surface area (Å²) in [6, 6.07) is 15.6. The van der Waals surface area contributed by atoms with Crippen LogP contribution in [-0.4, -0.2) is 30.1 Å². The SMILES string of the molecule is Cc1ccc(CN(C)C(=O)C2Oc3ccccc3OC2C)cc1. The molecule has 0 spiro atoms. The largest absolute Gasteiger partial charge is 0.482 e. The Balaban J connectivity index is 1.71. The zero-order chi connectivity index (χ0) is 16.4. The average Bonchev–Trinajstić information content (AvgIpc) is 2.55. The zero-order valence-corrected chi connectivity index (χ0v) is 13.7. The second kappa shape index (κ2) is 6.32. The summed E-state index contributed by atoms with van der Waals surface area (Å²) in [5.74, 6) is 1.23. The van der Waals surface area contributed by atoms with Gasteiger partial charge in [-0.15, -0.1) is 0 Å². The first-order valence-electron chi connectivity index (χ1n) is 7.77. The van der Waals surface area contributed by atoms with E-state index >= 15 is 0 Å². The van der Waals surface area contributed by atoms with Crippen LogP contribution in [0.25, 0.3) is 0 Å². The molecular weight excluding hydrogens is 290 g/mol. The predicted octanol–water partition coefficient (Wildman–Crippen LogP) is 3.18. The highest BCUT2D eigenvalue weighted by molar-refractivity contribution is 5.82. The number of carbonyl (C=O) groups is 1. The molecule has 1 heterocycles. The molecule has 120 valence electrons. The molecule has 0 aliphatic carbocycles. The van der Waals surface area contributed by atoms with Gasteiger partial charge in [0, 0.05) is 13.6 Å². The number of ether oxygens (including phenoxy) is 2. The van der Waals surface area contributed by atoms with E-state index in [1.165, 1.54) is 5.56 Å². The molecule has 0 aromatic heterocycles. The van der Waals surface area contributed by atoms with E-state index in [9.17, 15) is 4.79 Å². The monoisotopic (exact) mass is 311 g/mol. The lowest BCUT2D eigenvalue weighted by atomic mass is 10.1. The summed E-state index contributed by atoms with van der Waals surface area (Å²) in [4.78, 5) is 14.4. The second-order valence-electron chi connectivity index (χ2n) is 5.99. The van der Waals surface area contributed by atoms with Gasteiger partial charge in [-0.05, 0) is 31.5 Å². The maximum Gasteiger partial charge on any atom is 0.267 e. The fraction of sp³-hybridized carbons (Fsp3) is 0.316. The highest BCUT2D eigenvalue weighted by Crippen LogP contribution is 2.33. The molecule has 0 bridgehead atoms. The van der Waals surface area contributed by atoms with Crippen molar-refractivity contribution in [1.29, 1.82) is 0 Å². The van der Waals surface area contributed by atoms with Crippen LogP contribution in [0.4, 0.5) is 0 Å². The highest BCUT2D eigenvalue weighted by atomic mass is 16.6. The molecule has 4 heteroatoms. The van der Waals surface area contributed by atoms with Crippen molar-refractivity contribution >= 4 is 5.91 Å². The van der Waals surface area contributed by atoms with Gasteiger partial charge in [-0.2, -0.15) is 0 Å². The molecule has 0 fully saturated rings. The number of fused-ring (bicyclic) bond motifs is 1. The molecule has 0 saturated heterocycles. The van der Waals surface area contributed by atoms with Gasteiger partial charge in [0.05, 0.1) is 0 Å². The maximum absolute atomic E-state index is 12.7. The van der Waals surface area contributed by atoms with Crippen molar-refractivity contribution in [2.45, 2.75) is 32.6 Å². The first-order valence-corrected chi connectivity index (χ1v) is 7.77. The number of rotatable bonds is 3. The summed E-state index contributed by atoms with van der Waals surface area (Å²) < 4.78 is 11.7. The topological polar surface area (TPSA) is 38.8 Å². The molecular formula is C19H21NO3. The third-order valence-corrected chi connectivity index (χ3v) is 4.00. The van der Waals surface area contributed by atoms with Crippen LogP contribution in [0.3, 0.4) is 0 Å². The number of amides is 1. The predicted molar refractivity (Wildman–Crippen MR) is 88.6 cm³/mol. The van der Waals surface area contributed by atoms with Gasteiger partial charge < -0.3 is 14.4 Å². The van der Waals surface area contributed by atoms with Crippen LogP contribution in [0.1, 0.15) is 18.1 Å². The first-order chi connectivity index (χ1) is 11.0. The van der Waals surface area contributed by atoms with Gasteiger partial charge in [0.1, 0.15) is 6.10 Å². The molecule has 1 amide bonds. The fourth-order valence-corrected chi connectivity index (χ4v) is 2.65. The Labute approximate surface area is 136 Å². The molecule has 1 aliphatic rings. The van der Waals surface area contributed by atoms with Crippen LogP contribution in [-0.2, 0) is 11.3 Å².